The molecule has 1 nitrogen and oxygen atoms in total. The Kier molecular flexibility index (Phi) is 6.26. The summed E-state index contributed by atoms with van der Waals surface area (Å²) in [7, 11) is 0. The molecule has 3 rings (SSSR count). The van der Waals surface area contributed by atoms with Crippen LogP contribution < -0.4 is 0 Å². The van der Waals surface area contributed by atoms with Gasteiger partial charge in [0.25, 0.3) is 0 Å². The van der Waals surface area contributed by atoms with Crippen LogP contribution in [0.4, 0.5) is 5.69 Å². The van der Waals surface area contributed by atoms with Crippen molar-refractivity contribution in [1.29, 1.82) is 0 Å². The maximum absolute atomic E-state index is 4.82. The van der Waals surface area contributed by atoms with Gasteiger partial charge in [0.05, 0.1) is 11.4 Å². The molecular formula is C22H18BrNS. The summed E-state index contributed by atoms with van der Waals surface area (Å²) in [6, 6.07) is 26.7. The number of halogens is 1. The predicted octanol–water partition coefficient (Wildman–Crippen LogP) is 7.18. The van der Waals surface area contributed by atoms with Gasteiger partial charge in [-0.05, 0) is 58.6 Å². The van der Waals surface area contributed by atoms with Crippen molar-refractivity contribution >= 4 is 39.1 Å². The Balaban J connectivity index is 1.88. The van der Waals surface area contributed by atoms with E-state index >= 15 is 0 Å². The van der Waals surface area contributed by atoms with Crippen molar-refractivity contribution in [2.45, 2.75) is 11.8 Å². The van der Waals surface area contributed by atoms with Gasteiger partial charge in [0, 0.05) is 14.9 Å². The molecule has 3 aromatic carbocycles. The minimum Gasteiger partial charge on any atom is -0.248 e. The number of aryl methyl sites for hydroxylation is 1. The molecule has 0 radical (unpaired) electrons. The van der Waals surface area contributed by atoms with Gasteiger partial charge in [-0.2, -0.15) is 0 Å². The lowest BCUT2D eigenvalue weighted by atomic mass is 10.1. The number of para-hydroxylation sites is 1. The first-order valence-electron chi connectivity index (χ1n) is 8.01. The summed E-state index contributed by atoms with van der Waals surface area (Å²) in [5, 5.41) is 2.09. The second-order valence-electron chi connectivity index (χ2n) is 5.55. The molecule has 25 heavy (non-hydrogen) atoms. The van der Waals surface area contributed by atoms with E-state index in [1.807, 2.05) is 42.5 Å². The number of thioether (sulfide) groups is 1. The number of allylic oxidation sites excluding steroid dienone is 1. The first kappa shape index (κ1) is 17.7. The number of rotatable bonds is 5. The van der Waals surface area contributed by atoms with Crippen LogP contribution >= 0.6 is 27.7 Å². The zero-order valence-corrected chi connectivity index (χ0v) is 16.3. The first-order chi connectivity index (χ1) is 12.2. The lowest BCUT2D eigenvalue weighted by molar-refractivity contribution is 1.41. The fourth-order valence-electron chi connectivity index (χ4n) is 2.28. The molecule has 0 heterocycles. The summed E-state index contributed by atoms with van der Waals surface area (Å²) in [6.07, 6.45) is 2.07. The summed E-state index contributed by atoms with van der Waals surface area (Å²) in [6.45, 7) is 2.09. The molecule has 0 spiro atoms. The van der Waals surface area contributed by atoms with Gasteiger partial charge >= 0.3 is 0 Å². The Morgan fingerprint density at radius 3 is 2.28 bits per heavy atom. The number of aliphatic imine (C=N–C) groups is 1. The van der Waals surface area contributed by atoms with Crippen molar-refractivity contribution in [1.82, 2.24) is 0 Å². The van der Waals surface area contributed by atoms with Crippen LogP contribution in [-0.2, 0) is 0 Å². The Bertz CT molecular complexity index is 883. The van der Waals surface area contributed by atoms with Crippen LogP contribution in [0.2, 0.25) is 0 Å². The van der Waals surface area contributed by atoms with E-state index < -0.39 is 0 Å². The van der Waals surface area contributed by atoms with Gasteiger partial charge in [0.15, 0.2) is 0 Å². The van der Waals surface area contributed by atoms with Crippen molar-refractivity contribution in [3.05, 3.63) is 106 Å². The quantitative estimate of drug-likeness (QED) is 0.322. The molecule has 0 fully saturated rings. The Morgan fingerprint density at radius 2 is 1.56 bits per heavy atom. The standard InChI is InChI=1S/C22H18BrNS/c1-17-11-13-18(14-12-17)21(24-19-7-3-2-4-8-19)15-16-25-22-10-6-5-9-20(22)23/h2-16H,1H3. The van der Waals surface area contributed by atoms with Crippen LogP contribution in [0, 0.1) is 6.92 Å². The molecule has 3 aromatic rings. The number of benzene rings is 3. The highest BCUT2D eigenvalue weighted by Crippen LogP contribution is 2.28. The molecule has 0 aliphatic carbocycles. The van der Waals surface area contributed by atoms with Crippen molar-refractivity contribution in [3.63, 3.8) is 0 Å². The monoisotopic (exact) mass is 407 g/mol. The molecule has 0 aliphatic heterocycles. The molecule has 0 N–H and O–H groups in total. The average molecular weight is 408 g/mol. The van der Waals surface area contributed by atoms with Crippen molar-refractivity contribution < 1.29 is 0 Å². The lowest BCUT2D eigenvalue weighted by Crippen LogP contribution is -1.96. The van der Waals surface area contributed by atoms with Gasteiger partial charge in [-0.25, -0.2) is 4.99 Å². The van der Waals surface area contributed by atoms with Gasteiger partial charge in [-0.3, -0.25) is 0 Å². The molecule has 0 atom stereocenters. The van der Waals surface area contributed by atoms with Crippen LogP contribution in [0.1, 0.15) is 11.1 Å². The maximum atomic E-state index is 4.82. The minimum atomic E-state index is 0.950. The summed E-state index contributed by atoms with van der Waals surface area (Å²) in [5.41, 5.74) is 4.26. The zero-order chi connectivity index (χ0) is 17.5. The topological polar surface area (TPSA) is 12.4 Å². The fourth-order valence-corrected chi connectivity index (χ4v) is 3.52. The Labute approximate surface area is 161 Å². The molecule has 0 amide bonds. The predicted molar refractivity (Wildman–Crippen MR) is 113 cm³/mol. The Hall–Kier alpha value is -2.10. The molecule has 0 aromatic heterocycles. The third-order valence-electron chi connectivity index (χ3n) is 3.61. The summed E-state index contributed by atoms with van der Waals surface area (Å²) < 4.78 is 1.10. The third-order valence-corrected chi connectivity index (χ3v) is 5.45. The minimum absolute atomic E-state index is 0.950. The number of nitrogens with zero attached hydrogens (tertiary/aromatic N) is 1. The second kappa shape index (κ2) is 8.84. The lowest BCUT2D eigenvalue weighted by Gasteiger charge is -2.04. The highest BCUT2D eigenvalue weighted by molar-refractivity contribution is 9.10. The average Bonchev–Trinajstić information content (AvgIpc) is 2.64. The van der Waals surface area contributed by atoms with Crippen LogP contribution in [-0.4, -0.2) is 5.71 Å². The molecule has 0 saturated carbocycles. The van der Waals surface area contributed by atoms with E-state index in [9.17, 15) is 0 Å². The van der Waals surface area contributed by atoms with Gasteiger partial charge < -0.3 is 0 Å². The number of hydrogen-bond donors (Lipinski definition) is 0. The Morgan fingerprint density at radius 1 is 0.880 bits per heavy atom. The van der Waals surface area contributed by atoms with Crippen molar-refractivity contribution in [2.24, 2.45) is 4.99 Å². The second-order valence-corrected chi connectivity index (χ2v) is 7.35. The molecular weight excluding hydrogens is 390 g/mol. The van der Waals surface area contributed by atoms with E-state index in [4.69, 9.17) is 4.99 Å². The maximum Gasteiger partial charge on any atom is 0.0714 e. The highest BCUT2D eigenvalue weighted by atomic mass is 79.9. The number of hydrogen-bond acceptors (Lipinski definition) is 2. The van der Waals surface area contributed by atoms with E-state index in [0.717, 1.165) is 21.4 Å². The molecule has 0 bridgehead atoms. The molecule has 0 aliphatic rings. The SMILES string of the molecule is Cc1ccc(C(C=CSc2ccccc2Br)=Nc2ccccc2)cc1. The summed E-state index contributed by atoms with van der Waals surface area (Å²) >= 11 is 5.26. The normalized spacial score (nSPS) is 11.8. The highest BCUT2D eigenvalue weighted by Gasteiger charge is 2.02. The molecule has 3 heteroatoms. The first-order valence-corrected chi connectivity index (χ1v) is 9.68. The van der Waals surface area contributed by atoms with Gasteiger partial charge in [0.1, 0.15) is 0 Å². The van der Waals surface area contributed by atoms with Crippen LogP contribution in [0.25, 0.3) is 0 Å². The zero-order valence-electron chi connectivity index (χ0n) is 13.9. The largest absolute Gasteiger partial charge is 0.248 e. The van der Waals surface area contributed by atoms with Gasteiger partial charge in [-0.1, -0.05) is 71.9 Å². The third kappa shape index (κ3) is 5.18. The van der Waals surface area contributed by atoms with E-state index in [2.05, 4.69) is 70.7 Å². The summed E-state index contributed by atoms with van der Waals surface area (Å²) in [4.78, 5) is 6.00. The van der Waals surface area contributed by atoms with Crippen molar-refractivity contribution in [2.75, 3.05) is 0 Å². The summed E-state index contributed by atoms with van der Waals surface area (Å²) in [5.74, 6) is 0. The van der Waals surface area contributed by atoms with Crippen LogP contribution in [0.15, 0.2) is 105 Å². The van der Waals surface area contributed by atoms with E-state index in [0.29, 0.717) is 0 Å². The molecule has 124 valence electrons. The van der Waals surface area contributed by atoms with Crippen LogP contribution in [0.3, 0.4) is 0 Å². The van der Waals surface area contributed by atoms with Gasteiger partial charge in [-0.15, -0.1) is 0 Å². The van der Waals surface area contributed by atoms with E-state index in [1.165, 1.54) is 10.5 Å². The van der Waals surface area contributed by atoms with Gasteiger partial charge in [0.2, 0.25) is 0 Å². The smallest absolute Gasteiger partial charge is 0.0714 e. The van der Waals surface area contributed by atoms with Crippen molar-refractivity contribution in [3.8, 4) is 0 Å². The molecule has 0 unspecified atom stereocenters. The van der Waals surface area contributed by atoms with Crippen LogP contribution in [0.5, 0.6) is 0 Å². The van der Waals surface area contributed by atoms with E-state index in [-0.39, 0.29) is 0 Å². The fraction of sp³-hybridized carbons (Fsp3) is 0.0455. The van der Waals surface area contributed by atoms with E-state index in [1.54, 1.807) is 11.8 Å². The molecule has 0 saturated heterocycles.